The van der Waals surface area contributed by atoms with Crippen molar-refractivity contribution < 1.29 is 0 Å². The minimum Gasteiger partial charge on any atom is -0.292 e. The second-order valence-corrected chi connectivity index (χ2v) is 8.96. The predicted octanol–water partition coefficient (Wildman–Crippen LogP) is 8.23. The monoisotopic (exact) mass is 422 g/mol. The molecule has 7 rings (SSSR count). The Morgan fingerprint density at radius 2 is 1.24 bits per heavy atom. The fraction of sp³-hybridized carbons (Fsp3) is 0.0645. The van der Waals surface area contributed by atoms with E-state index in [1.807, 2.05) is 6.20 Å². The lowest BCUT2D eigenvalue weighted by Crippen LogP contribution is -1.97. The number of aromatic nitrogens is 2. The van der Waals surface area contributed by atoms with Crippen LogP contribution in [-0.2, 0) is 0 Å². The van der Waals surface area contributed by atoms with Gasteiger partial charge in [0.25, 0.3) is 0 Å². The first-order chi connectivity index (χ1) is 16.2. The summed E-state index contributed by atoms with van der Waals surface area (Å²) in [6.45, 7) is 4.37. The van der Waals surface area contributed by atoms with Crippen molar-refractivity contribution in [2.45, 2.75) is 13.8 Å². The van der Waals surface area contributed by atoms with Crippen LogP contribution in [0, 0.1) is 13.8 Å². The van der Waals surface area contributed by atoms with Gasteiger partial charge in [0.05, 0.1) is 17.4 Å². The molecule has 156 valence electrons. The molecule has 2 heterocycles. The van der Waals surface area contributed by atoms with Gasteiger partial charge in [-0.2, -0.15) is 0 Å². The first kappa shape index (κ1) is 18.4. The average Bonchev–Trinajstić information content (AvgIpc) is 3.28. The molecule has 0 N–H and O–H groups in total. The minimum atomic E-state index is 1.01. The molecule has 2 nitrogen and oxygen atoms in total. The van der Waals surface area contributed by atoms with Crippen LogP contribution in [0.2, 0.25) is 0 Å². The van der Waals surface area contributed by atoms with Gasteiger partial charge >= 0.3 is 0 Å². The van der Waals surface area contributed by atoms with Crippen LogP contribution >= 0.6 is 0 Å². The lowest BCUT2D eigenvalue weighted by molar-refractivity contribution is 1.25. The number of hydrogen-bond donors (Lipinski definition) is 0. The first-order valence-electron chi connectivity index (χ1n) is 11.4. The van der Waals surface area contributed by atoms with E-state index >= 15 is 0 Å². The van der Waals surface area contributed by atoms with E-state index in [1.165, 1.54) is 59.9 Å². The largest absolute Gasteiger partial charge is 0.292 e. The van der Waals surface area contributed by atoms with Crippen LogP contribution in [0.5, 0.6) is 0 Å². The normalized spacial score (nSPS) is 11.9. The van der Waals surface area contributed by atoms with Gasteiger partial charge in [0.1, 0.15) is 5.65 Å². The molecule has 0 fully saturated rings. The topological polar surface area (TPSA) is 17.3 Å². The summed E-state index contributed by atoms with van der Waals surface area (Å²) >= 11 is 0. The number of benzene rings is 5. The summed E-state index contributed by atoms with van der Waals surface area (Å²) in [6, 6.07) is 32.9. The van der Waals surface area contributed by atoms with E-state index in [1.54, 1.807) is 0 Å². The number of aryl methyl sites for hydroxylation is 2. The van der Waals surface area contributed by atoms with Crippen molar-refractivity contribution in [2.24, 2.45) is 0 Å². The summed E-state index contributed by atoms with van der Waals surface area (Å²) in [5.74, 6) is 0. The molecule has 0 unspecified atom stereocenters. The van der Waals surface area contributed by atoms with E-state index in [-0.39, 0.29) is 0 Å². The van der Waals surface area contributed by atoms with Gasteiger partial charge in [0.2, 0.25) is 0 Å². The highest BCUT2D eigenvalue weighted by molar-refractivity contribution is 6.25. The highest BCUT2D eigenvalue weighted by Crippen LogP contribution is 2.39. The van der Waals surface area contributed by atoms with Gasteiger partial charge in [0, 0.05) is 16.3 Å². The molecule has 0 aliphatic heterocycles. The van der Waals surface area contributed by atoms with E-state index in [9.17, 15) is 0 Å². The Kier molecular flexibility index (Phi) is 3.72. The molecule has 2 heteroatoms. The number of nitrogens with zero attached hydrogens (tertiary/aromatic N) is 2. The van der Waals surface area contributed by atoms with Crippen LogP contribution in [0.4, 0.5) is 0 Å². The molecular formula is C31H22N2. The van der Waals surface area contributed by atoms with Crippen molar-refractivity contribution in [3.05, 3.63) is 108 Å². The Morgan fingerprint density at radius 1 is 0.576 bits per heavy atom. The Bertz CT molecular complexity index is 1870. The molecule has 0 amide bonds. The maximum absolute atomic E-state index is 4.95. The Labute approximate surface area is 191 Å². The van der Waals surface area contributed by atoms with Gasteiger partial charge in [-0.25, -0.2) is 4.98 Å². The maximum atomic E-state index is 4.95. The lowest BCUT2D eigenvalue weighted by atomic mass is 9.95. The quantitative estimate of drug-likeness (QED) is 0.244. The summed E-state index contributed by atoms with van der Waals surface area (Å²) in [5, 5.41) is 8.86. The highest BCUT2D eigenvalue weighted by Gasteiger charge is 2.18. The van der Waals surface area contributed by atoms with Gasteiger partial charge < -0.3 is 0 Å². The molecule has 0 spiro atoms. The number of pyridine rings is 1. The molecule has 0 aliphatic rings. The number of imidazole rings is 1. The summed E-state index contributed by atoms with van der Waals surface area (Å²) in [5.41, 5.74) is 7.16. The summed E-state index contributed by atoms with van der Waals surface area (Å²) in [6.07, 6.45) is 2.04. The molecule has 7 aromatic rings. The SMILES string of the molecule is Cc1cccc(C)c1-c1cnc2c3ccccc3c3c4ccc5ccccc5c4ccc3n12. The smallest absolute Gasteiger partial charge is 0.145 e. The van der Waals surface area contributed by atoms with Gasteiger partial charge in [-0.15, -0.1) is 0 Å². The molecule has 0 atom stereocenters. The molecule has 33 heavy (non-hydrogen) atoms. The van der Waals surface area contributed by atoms with Crippen LogP contribution < -0.4 is 0 Å². The lowest BCUT2D eigenvalue weighted by Gasteiger charge is -2.15. The van der Waals surface area contributed by atoms with Crippen LogP contribution in [0.25, 0.3) is 60.1 Å². The third-order valence-corrected chi connectivity index (χ3v) is 7.08. The number of hydrogen-bond acceptors (Lipinski definition) is 1. The molecule has 0 bridgehead atoms. The van der Waals surface area contributed by atoms with Crippen molar-refractivity contribution in [2.75, 3.05) is 0 Å². The van der Waals surface area contributed by atoms with Gasteiger partial charge in [-0.3, -0.25) is 4.40 Å². The zero-order valence-electron chi connectivity index (χ0n) is 18.6. The molecule has 0 aliphatic carbocycles. The molecule has 0 saturated carbocycles. The third kappa shape index (κ3) is 2.46. The Balaban J connectivity index is 1.76. The van der Waals surface area contributed by atoms with Gasteiger partial charge in [0.15, 0.2) is 0 Å². The van der Waals surface area contributed by atoms with Crippen LogP contribution in [0.1, 0.15) is 11.1 Å². The van der Waals surface area contributed by atoms with E-state index in [0.717, 1.165) is 11.3 Å². The number of fused-ring (bicyclic) bond motifs is 10. The standard InChI is InChI=1S/C31H22N2/c1-19-8-7-9-20(2)29(19)28-18-32-31-26-13-6-5-12-24(26)30-25-15-14-21-10-3-4-11-22(21)23(25)16-17-27(30)33(28)31/h3-18H,1-2H3. The van der Waals surface area contributed by atoms with Crippen molar-refractivity contribution in [1.82, 2.24) is 9.38 Å². The van der Waals surface area contributed by atoms with Crippen molar-refractivity contribution >= 4 is 48.9 Å². The fourth-order valence-corrected chi connectivity index (χ4v) is 5.62. The maximum Gasteiger partial charge on any atom is 0.145 e. The fourth-order valence-electron chi connectivity index (χ4n) is 5.62. The van der Waals surface area contributed by atoms with E-state index in [4.69, 9.17) is 4.98 Å². The predicted molar refractivity (Wildman–Crippen MR) is 140 cm³/mol. The zero-order valence-corrected chi connectivity index (χ0v) is 18.6. The van der Waals surface area contributed by atoms with Crippen molar-refractivity contribution in [3.8, 4) is 11.3 Å². The van der Waals surface area contributed by atoms with Crippen LogP contribution in [-0.4, -0.2) is 9.38 Å². The molecule has 0 saturated heterocycles. The molecule has 5 aromatic carbocycles. The summed E-state index contributed by atoms with van der Waals surface area (Å²) < 4.78 is 2.36. The number of rotatable bonds is 1. The second-order valence-electron chi connectivity index (χ2n) is 8.96. The summed E-state index contributed by atoms with van der Waals surface area (Å²) in [7, 11) is 0. The third-order valence-electron chi connectivity index (χ3n) is 7.08. The van der Waals surface area contributed by atoms with Crippen LogP contribution in [0.3, 0.4) is 0 Å². The first-order valence-corrected chi connectivity index (χ1v) is 11.4. The Morgan fingerprint density at radius 3 is 2.06 bits per heavy atom. The van der Waals surface area contributed by atoms with E-state index < -0.39 is 0 Å². The van der Waals surface area contributed by atoms with Crippen molar-refractivity contribution in [3.63, 3.8) is 0 Å². The minimum absolute atomic E-state index is 1.01. The van der Waals surface area contributed by atoms with Crippen LogP contribution in [0.15, 0.2) is 97.2 Å². The average molecular weight is 423 g/mol. The van der Waals surface area contributed by atoms with E-state index in [0.29, 0.717) is 0 Å². The molecular weight excluding hydrogens is 400 g/mol. The van der Waals surface area contributed by atoms with Gasteiger partial charge in [-0.05, 0) is 58.0 Å². The van der Waals surface area contributed by atoms with E-state index in [2.05, 4.69) is 109 Å². The second kappa shape index (κ2) is 6.66. The highest BCUT2D eigenvalue weighted by atomic mass is 15.0. The zero-order chi connectivity index (χ0) is 22.1. The molecule has 2 aromatic heterocycles. The van der Waals surface area contributed by atoms with Crippen molar-refractivity contribution in [1.29, 1.82) is 0 Å². The Hall–Kier alpha value is -4.17. The molecule has 0 radical (unpaired) electrons. The summed E-state index contributed by atoms with van der Waals surface area (Å²) in [4.78, 5) is 4.95. The van der Waals surface area contributed by atoms with Gasteiger partial charge in [-0.1, -0.05) is 84.9 Å².